The van der Waals surface area contributed by atoms with E-state index in [4.69, 9.17) is 5.11 Å². The summed E-state index contributed by atoms with van der Waals surface area (Å²) in [7, 11) is 0. The number of aromatic amines is 1. The van der Waals surface area contributed by atoms with Crippen molar-refractivity contribution in [3.05, 3.63) is 65.9 Å². The van der Waals surface area contributed by atoms with Crippen LogP contribution in [0.3, 0.4) is 0 Å². The Kier molecular flexibility index (Phi) is 4.07. The van der Waals surface area contributed by atoms with Crippen LogP contribution >= 0.6 is 0 Å². The highest BCUT2D eigenvalue weighted by atomic mass is 16.4. The van der Waals surface area contributed by atoms with E-state index in [1.54, 1.807) is 0 Å². The van der Waals surface area contributed by atoms with Crippen molar-refractivity contribution in [1.82, 2.24) is 15.1 Å². The number of H-pyrrole nitrogens is 1. The minimum absolute atomic E-state index is 0.0665. The summed E-state index contributed by atoms with van der Waals surface area (Å²) in [5, 5.41) is 16.6. The van der Waals surface area contributed by atoms with E-state index in [-0.39, 0.29) is 6.54 Å². The highest BCUT2D eigenvalue weighted by Crippen LogP contribution is 2.30. The van der Waals surface area contributed by atoms with E-state index in [2.05, 4.69) is 46.6 Å². The number of hydrogen-bond donors (Lipinski definition) is 2. The number of rotatable bonds is 4. The van der Waals surface area contributed by atoms with Crippen LogP contribution in [0.15, 0.2) is 54.6 Å². The summed E-state index contributed by atoms with van der Waals surface area (Å²) in [6.45, 7) is 1.43. The molecule has 2 heterocycles. The predicted octanol–water partition coefficient (Wildman–Crippen LogP) is 3.19. The molecule has 2 aromatic carbocycles. The molecule has 5 nitrogen and oxygen atoms in total. The summed E-state index contributed by atoms with van der Waals surface area (Å²) in [6.07, 6.45) is 0.803. The van der Waals surface area contributed by atoms with Gasteiger partial charge >= 0.3 is 5.97 Å². The highest BCUT2D eigenvalue weighted by molar-refractivity contribution is 5.71. The minimum atomic E-state index is -0.791. The van der Waals surface area contributed by atoms with Gasteiger partial charge in [0.2, 0.25) is 0 Å². The van der Waals surface area contributed by atoms with Crippen molar-refractivity contribution in [2.45, 2.75) is 13.0 Å². The quantitative estimate of drug-likeness (QED) is 0.769. The molecule has 1 aliphatic heterocycles. The Labute approximate surface area is 145 Å². The lowest BCUT2D eigenvalue weighted by atomic mass is 9.98. The molecule has 4 rings (SSSR count). The van der Waals surface area contributed by atoms with Crippen LogP contribution in [0.5, 0.6) is 0 Å². The fourth-order valence-electron chi connectivity index (χ4n) is 3.37. The average molecular weight is 333 g/mol. The third-order valence-electron chi connectivity index (χ3n) is 4.64. The molecule has 0 fully saturated rings. The van der Waals surface area contributed by atoms with Crippen molar-refractivity contribution < 1.29 is 9.90 Å². The second-order valence-corrected chi connectivity index (χ2v) is 6.33. The zero-order chi connectivity index (χ0) is 17.2. The smallest absolute Gasteiger partial charge is 0.317 e. The van der Waals surface area contributed by atoms with Crippen LogP contribution in [0.1, 0.15) is 11.3 Å². The van der Waals surface area contributed by atoms with Gasteiger partial charge in [-0.2, -0.15) is 5.10 Å². The lowest BCUT2D eigenvalue weighted by molar-refractivity contribution is -0.138. The fraction of sp³-hybridized carbons (Fsp3) is 0.200. The lowest BCUT2D eigenvalue weighted by Crippen LogP contribution is -2.34. The normalized spacial score (nSPS) is 14.2. The van der Waals surface area contributed by atoms with Crippen LogP contribution < -0.4 is 0 Å². The molecule has 0 atom stereocenters. The van der Waals surface area contributed by atoms with Crippen LogP contribution in [-0.2, 0) is 17.8 Å². The Morgan fingerprint density at radius 3 is 2.44 bits per heavy atom. The number of carboxylic acids is 1. The van der Waals surface area contributed by atoms with E-state index in [0.717, 1.165) is 35.5 Å². The summed E-state index contributed by atoms with van der Waals surface area (Å²) in [5.41, 5.74) is 6.55. The Hall–Kier alpha value is -2.92. The van der Waals surface area contributed by atoms with E-state index in [1.165, 1.54) is 11.1 Å². The largest absolute Gasteiger partial charge is 0.480 e. The van der Waals surface area contributed by atoms with Gasteiger partial charge in [0.05, 0.1) is 12.2 Å². The first-order valence-electron chi connectivity index (χ1n) is 8.37. The molecule has 1 aliphatic rings. The number of nitrogens with zero attached hydrogens (tertiary/aromatic N) is 2. The van der Waals surface area contributed by atoms with E-state index in [9.17, 15) is 4.79 Å². The number of carboxylic acid groups (broad SMARTS) is 1. The molecule has 0 radical (unpaired) electrons. The van der Waals surface area contributed by atoms with Crippen molar-refractivity contribution >= 4 is 5.97 Å². The van der Waals surface area contributed by atoms with Crippen LogP contribution in [0.25, 0.3) is 22.4 Å². The molecule has 0 saturated heterocycles. The van der Waals surface area contributed by atoms with Crippen molar-refractivity contribution in [2.24, 2.45) is 0 Å². The molecule has 0 unspecified atom stereocenters. The zero-order valence-electron chi connectivity index (χ0n) is 13.8. The summed E-state index contributed by atoms with van der Waals surface area (Å²) < 4.78 is 0. The fourth-order valence-corrected chi connectivity index (χ4v) is 3.37. The third kappa shape index (κ3) is 3.19. The van der Waals surface area contributed by atoms with E-state index in [1.807, 2.05) is 23.1 Å². The third-order valence-corrected chi connectivity index (χ3v) is 4.64. The van der Waals surface area contributed by atoms with Gasteiger partial charge in [0, 0.05) is 36.3 Å². The molecule has 25 heavy (non-hydrogen) atoms. The van der Waals surface area contributed by atoms with Gasteiger partial charge < -0.3 is 5.11 Å². The molecular formula is C20H19N3O2. The van der Waals surface area contributed by atoms with Gasteiger partial charge in [-0.05, 0) is 11.1 Å². The maximum Gasteiger partial charge on any atom is 0.317 e. The van der Waals surface area contributed by atoms with Gasteiger partial charge in [-0.3, -0.25) is 14.8 Å². The first kappa shape index (κ1) is 15.6. The van der Waals surface area contributed by atoms with Crippen LogP contribution in [0.2, 0.25) is 0 Å². The molecule has 126 valence electrons. The number of nitrogens with one attached hydrogen (secondary N) is 1. The zero-order valence-corrected chi connectivity index (χ0v) is 13.8. The van der Waals surface area contributed by atoms with Gasteiger partial charge in [-0.25, -0.2) is 0 Å². The molecule has 0 aliphatic carbocycles. The van der Waals surface area contributed by atoms with Gasteiger partial charge in [0.15, 0.2) is 0 Å². The number of aliphatic carboxylic acids is 1. The lowest BCUT2D eigenvalue weighted by Gasteiger charge is -2.25. The molecule has 0 bridgehead atoms. The Morgan fingerprint density at radius 2 is 1.72 bits per heavy atom. The summed E-state index contributed by atoms with van der Waals surface area (Å²) in [4.78, 5) is 12.9. The first-order valence-corrected chi connectivity index (χ1v) is 8.37. The molecular weight excluding hydrogens is 314 g/mol. The number of hydrogen-bond acceptors (Lipinski definition) is 3. The second-order valence-electron chi connectivity index (χ2n) is 6.33. The van der Waals surface area contributed by atoms with E-state index in [0.29, 0.717) is 6.54 Å². The summed E-state index contributed by atoms with van der Waals surface area (Å²) in [5.74, 6) is -0.791. The Bertz CT molecular complexity index is 885. The van der Waals surface area contributed by atoms with Crippen molar-refractivity contribution in [2.75, 3.05) is 13.1 Å². The summed E-state index contributed by atoms with van der Waals surface area (Å²) in [6, 6.07) is 18.6. The topological polar surface area (TPSA) is 69.2 Å². The summed E-state index contributed by atoms with van der Waals surface area (Å²) >= 11 is 0. The number of fused-ring (bicyclic) bond motifs is 1. The number of benzene rings is 2. The molecule has 0 amide bonds. The Balaban J connectivity index is 1.61. The molecule has 1 aromatic heterocycles. The number of carbonyl (C=O) groups is 1. The molecule has 5 heteroatoms. The molecule has 0 saturated carbocycles. The van der Waals surface area contributed by atoms with Crippen molar-refractivity contribution in [3.63, 3.8) is 0 Å². The Morgan fingerprint density at radius 1 is 1.04 bits per heavy atom. The van der Waals surface area contributed by atoms with Gasteiger partial charge in [0.25, 0.3) is 0 Å². The average Bonchev–Trinajstić information content (AvgIpc) is 3.05. The molecule has 2 N–H and O–H groups in total. The molecule has 0 spiro atoms. The number of aromatic nitrogens is 2. The maximum absolute atomic E-state index is 11.0. The van der Waals surface area contributed by atoms with Gasteiger partial charge in [-0.15, -0.1) is 0 Å². The minimum Gasteiger partial charge on any atom is -0.480 e. The monoisotopic (exact) mass is 333 g/mol. The van der Waals surface area contributed by atoms with Crippen LogP contribution in [0, 0.1) is 0 Å². The van der Waals surface area contributed by atoms with Crippen LogP contribution in [-0.4, -0.2) is 39.3 Å². The van der Waals surface area contributed by atoms with Crippen molar-refractivity contribution in [3.8, 4) is 22.4 Å². The maximum atomic E-state index is 11.0. The molecule has 3 aromatic rings. The first-order chi connectivity index (χ1) is 12.2. The van der Waals surface area contributed by atoms with Gasteiger partial charge in [0.1, 0.15) is 0 Å². The van der Waals surface area contributed by atoms with Gasteiger partial charge in [-0.1, -0.05) is 54.6 Å². The van der Waals surface area contributed by atoms with Crippen LogP contribution in [0.4, 0.5) is 0 Å². The van der Waals surface area contributed by atoms with Crippen molar-refractivity contribution in [1.29, 1.82) is 0 Å². The van der Waals surface area contributed by atoms with E-state index >= 15 is 0 Å². The standard InChI is InChI=1S/C20H19N3O2/c24-19(25)13-23-11-10-18-17(12-23)20(22-21-18)16-8-6-15(7-9-16)14-4-2-1-3-5-14/h1-9H,10-13H2,(H,21,22)(H,24,25). The van der Waals surface area contributed by atoms with E-state index < -0.39 is 5.97 Å². The highest BCUT2D eigenvalue weighted by Gasteiger charge is 2.23. The SMILES string of the molecule is O=C(O)CN1CCc2[nH]nc(-c3ccc(-c4ccccc4)cc3)c2C1. The second kappa shape index (κ2) is 6.53. The predicted molar refractivity (Wildman–Crippen MR) is 96.1 cm³/mol.